The number of rotatable bonds is 5. The molecule has 2 aromatic heterocycles. The maximum Gasteiger partial charge on any atom is 0.428 e. The standard InChI is InChI=1S/C17H18F3N3O/c1-2-3-9-23-10-8-21-15(23)16(24,17(18,19)20)13-11-22-14-7-5-4-6-12(13)14/h4-8,10-11,22,24H,2-3,9H2,1H3/t16-/m0/s1. The van der Waals surface area contributed by atoms with Crippen molar-refractivity contribution >= 4 is 10.9 Å². The zero-order chi connectivity index (χ0) is 17.4. The van der Waals surface area contributed by atoms with Gasteiger partial charge >= 0.3 is 6.18 Å². The molecule has 1 atom stereocenters. The van der Waals surface area contributed by atoms with Crippen LogP contribution in [-0.2, 0) is 12.1 Å². The number of nitrogens with zero attached hydrogens (tertiary/aromatic N) is 2. The number of para-hydroxylation sites is 1. The van der Waals surface area contributed by atoms with E-state index < -0.39 is 17.6 Å². The van der Waals surface area contributed by atoms with E-state index >= 15 is 0 Å². The summed E-state index contributed by atoms with van der Waals surface area (Å²) in [7, 11) is 0. The van der Waals surface area contributed by atoms with Gasteiger partial charge in [0.25, 0.3) is 0 Å². The van der Waals surface area contributed by atoms with Crippen LogP contribution in [0, 0.1) is 0 Å². The second-order valence-electron chi connectivity index (χ2n) is 5.75. The first-order chi connectivity index (χ1) is 11.4. The van der Waals surface area contributed by atoms with Crippen molar-refractivity contribution in [2.45, 2.75) is 38.1 Å². The molecule has 2 N–H and O–H groups in total. The number of aromatic nitrogens is 3. The fraction of sp³-hybridized carbons (Fsp3) is 0.353. The van der Waals surface area contributed by atoms with E-state index in [1.807, 2.05) is 6.92 Å². The van der Waals surface area contributed by atoms with Crippen LogP contribution in [0.4, 0.5) is 13.2 Å². The molecular weight excluding hydrogens is 319 g/mol. The third kappa shape index (κ3) is 2.49. The molecule has 128 valence electrons. The molecule has 0 saturated heterocycles. The van der Waals surface area contributed by atoms with Gasteiger partial charge < -0.3 is 14.7 Å². The van der Waals surface area contributed by atoms with Crippen molar-refractivity contribution in [2.75, 3.05) is 0 Å². The molecule has 0 aliphatic rings. The van der Waals surface area contributed by atoms with Crippen molar-refractivity contribution in [1.29, 1.82) is 0 Å². The Morgan fingerprint density at radius 2 is 2.00 bits per heavy atom. The molecule has 0 spiro atoms. The molecule has 7 heteroatoms. The number of H-pyrrole nitrogens is 1. The van der Waals surface area contributed by atoms with Crippen LogP contribution in [0.25, 0.3) is 10.9 Å². The van der Waals surface area contributed by atoms with Crippen LogP contribution in [-0.4, -0.2) is 25.8 Å². The van der Waals surface area contributed by atoms with Crippen LogP contribution in [0.3, 0.4) is 0 Å². The van der Waals surface area contributed by atoms with Gasteiger partial charge in [0.15, 0.2) is 5.82 Å². The maximum atomic E-state index is 13.9. The first-order valence-corrected chi connectivity index (χ1v) is 7.77. The number of aromatic amines is 1. The van der Waals surface area contributed by atoms with E-state index in [0.717, 1.165) is 6.42 Å². The number of benzene rings is 1. The molecule has 0 saturated carbocycles. The van der Waals surface area contributed by atoms with E-state index in [-0.39, 0.29) is 5.56 Å². The van der Waals surface area contributed by atoms with E-state index in [1.165, 1.54) is 23.2 Å². The summed E-state index contributed by atoms with van der Waals surface area (Å²) >= 11 is 0. The van der Waals surface area contributed by atoms with Gasteiger partial charge in [0.05, 0.1) is 0 Å². The average Bonchev–Trinajstić information content (AvgIpc) is 3.18. The molecule has 0 aliphatic carbocycles. The van der Waals surface area contributed by atoms with Crippen molar-refractivity contribution in [1.82, 2.24) is 14.5 Å². The minimum atomic E-state index is -4.91. The topological polar surface area (TPSA) is 53.8 Å². The molecule has 0 unspecified atom stereocenters. The van der Waals surface area contributed by atoms with Crippen LogP contribution >= 0.6 is 0 Å². The summed E-state index contributed by atoms with van der Waals surface area (Å²) in [5, 5.41) is 11.1. The lowest BCUT2D eigenvalue weighted by Crippen LogP contribution is -2.45. The zero-order valence-corrected chi connectivity index (χ0v) is 13.1. The number of alkyl halides is 3. The van der Waals surface area contributed by atoms with Gasteiger partial charge in [-0.3, -0.25) is 0 Å². The zero-order valence-electron chi connectivity index (χ0n) is 13.1. The monoisotopic (exact) mass is 337 g/mol. The van der Waals surface area contributed by atoms with Gasteiger partial charge in [-0.15, -0.1) is 0 Å². The van der Waals surface area contributed by atoms with Crippen LogP contribution in [0.1, 0.15) is 31.2 Å². The molecule has 0 bridgehead atoms. The van der Waals surface area contributed by atoms with E-state index in [0.29, 0.717) is 23.9 Å². The number of nitrogens with one attached hydrogen (secondary N) is 1. The predicted octanol–water partition coefficient (Wildman–Crippen LogP) is 3.96. The van der Waals surface area contributed by atoms with Gasteiger partial charge in [-0.25, -0.2) is 4.98 Å². The number of hydrogen-bond acceptors (Lipinski definition) is 2. The Kier molecular flexibility index (Phi) is 4.13. The summed E-state index contributed by atoms with van der Waals surface area (Å²) in [5.74, 6) is -0.409. The smallest absolute Gasteiger partial charge is 0.370 e. The molecule has 1 aromatic carbocycles. The Hall–Kier alpha value is -2.28. The molecule has 24 heavy (non-hydrogen) atoms. The fourth-order valence-corrected chi connectivity index (χ4v) is 2.91. The fourth-order valence-electron chi connectivity index (χ4n) is 2.91. The van der Waals surface area contributed by atoms with E-state index in [9.17, 15) is 18.3 Å². The summed E-state index contributed by atoms with van der Waals surface area (Å²) in [6.45, 7) is 2.32. The second kappa shape index (κ2) is 5.98. The van der Waals surface area contributed by atoms with Crippen molar-refractivity contribution in [3.8, 4) is 0 Å². The maximum absolute atomic E-state index is 13.9. The average molecular weight is 337 g/mol. The Labute approximate surface area is 136 Å². The number of fused-ring (bicyclic) bond motifs is 1. The van der Waals surface area contributed by atoms with Crippen molar-refractivity contribution in [3.05, 3.63) is 54.2 Å². The van der Waals surface area contributed by atoms with Gasteiger partial charge in [-0.2, -0.15) is 13.2 Å². The third-order valence-electron chi connectivity index (χ3n) is 4.18. The molecule has 3 rings (SSSR count). The Bertz CT molecular complexity index is 837. The number of aliphatic hydroxyl groups is 1. The number of imidazole rings is 1. The molecule has 0 aliphatic heterocycles. The quantitative estimate of drug-likeness (QED) is 0.740. The molecule has 2 heterocycles. The highest BCUT2D eigenvalue weighted by Gasteiger charge is 2.60. The summed E-state index contributed by atoms with van der Waals surface area (Å²) < 4.78 is 43.2. The summed E-state index contributed by atoms with van der Waals surface area (Å²) in [6, 6.07) is 6.58. The van der Waals surface area contributed by atoms with Crippen LogP contribution in [0.15, 0.2) is 42.9 Å². The van der Waals surface area contributed by atoms with Gasteiger partial charge in [0.1, 0.15) is 0 Å². The van der Waals surface area contributed by atoms with E-state index in [4.69, 9.17) is 0 Å². The van der Waals surface area contributed by atoms with E-state index in [2.05, 4.69) is 9.97 Å². The highest BCUT2D eigenvalue weighted by atomic mass is 19.4. The highest BCUT2D eigenvalue weighted by Crippen LogP contribution is 2.45. The normalized spacial score (nSPS) is 14.9. The lowest BCUT2D eigenvalue weighted by Gasteiger charge is -2.30. The Morgan fingerprint density at radius 3 is 2.71 bits per heavy atom. The second-order valence-corrected chi connectivity index (χ2v) is 5.75. The minimum Gasteiger partial charge on any atom is -0.370 e. The number of halogens is 3. The molecule has 4 nitrogen and oxygen atoms in total. The van der Waals surface area contributed by atoms with Gasteiger partial charge in [0, 0.05) is 41.6 Å². The third-order valence-corrected chi connectivity index (χ3v) is 4.18. The van der Waals surface area contributed by atoms with Crippen LogP contribution in [0.5, 0.6) is 0 Å². The molecule has 0 radical (unpaired) electrons. The van der Waals surface area contributed by atoms with Crippen LogP contribution in [0.2, 0.25) is 0 Å². The van der Waals surface area contributed by atoms with E-state index in [1.54, 1.807) is 24.3 Å². The number of hydrogen-bond donors (Lipinski definition) is 2. The Morgan fingerprint density at radius 1 is 1.25 bits per heavy atom. The van der Waals surface area contributed by atoms with Crippen molar-refractivity contribution < 1.29 is 18.3 Å². The Balaban J connectivity index is 2.22. The largest absolute Gasteiger partial charge is 0.428 e. The van der Waals surface area contributed by atoms with Crippen molar-refractivity contribution in [2.24, 2.45) is 0 Å². The molecule has 0 fully saturated rings. The summed E-state index contributed by atoms with van der Waals surface area (Å²) in [4.78, 5) is 6.64. The lowest BCUT2D eigenvalue weighted by atomic mass is 9.91. The molecule has 0 amide bonds. The summed E-state index contributed by atoms with van der Waals surface area (Å²) in [5.41, 5.74) is -2.89. The number of unbranched alkanes of at least 4 members (excludes halogenated alkanes) is 1. The first-order valence-electron chi connectivity index (χ1n) is 7.77. The first kappa shape index (κ1) is 16.6. The van der Waals surface area contributed by atoms with Crippen molar-refractivity contribution in [3.63, 3.8) is 0 Å². The molecular formula is C17H18F3N3O. The lowest BCUT2D eigenvalue weighted by molar-refractivity contribution is -0.251. The van der Waals surface area contributed by atoms with Gasteiger partial charge in [-0.1, -0.05) is 31.5 Å². The van der Waals surface area contributed by atoms with Gasteiger partial charge in [-0.05, 0) is 12.5 Å². The minimum absolute atomic E-state index is 0.241. The van der Waals surface area contributed by atoms with Crippen LogP contribution < -0.4 is 0 Å². The van der Waals surface area contributed by atoms with Gasteiger partial charge in [0.2, 0.25) is 5.60 Å². The predicted molar refractivity (Wildman–Crippen MR) is 84.5 cm³/mol. The number of aryl methyl sites for hydroxylation is 1. The SMILES string of the molecule is CCCCn1ccnc1[C@@](O)(c1c[nH]c2ccccc12)C(F)(F)F. The molecule has 3 aromatic rings. The highest BCUT2D eigenvalue weighted by molar-refractivity contribution is 5.84. The summed E-state index contributed by atoms with van der Waals surface area (Å²) in [6.07, 6.45) is 0.581.